The molecule has 1 aromatic carbocycles. The Morgan fingerprint density at radius 3 is 2.33 bits per heavy atom. The van der Waals surface area contributed by atoms with E-state index < -0.39 is 0 Å². The quantitative estimate of drug-likeness (QED) is 0.786. The Balaban J connectivity index is 2.07. The maximum Gasteiger partial charge on any atom is 0.266 e. The second kappa shape index (κ2) is 6.20. The molecule has 0 saturated heterocycles. The molecule has 0 radical (unpaired) electrons. The van der Waals surface area contributed by atoms with Crippen LogP contribution in [0.3, 0.4) is 0 Å². The third-order valence-corrected chi connectivity index (χ3v) is 3.68. The molecule has 0 aliphatic rings. The number of rotatable bonds is 2. The van der Waals surface area contributed by atoms with Gasteiger partial charge in [0, 0.05) is 29.2 Å². The smallest absolute Gasteiger partial charge is 0.266 e. The van der Waals surface area contributed by atoms with Crippen LogP contribution in [-0.4, -0.2) is 9.97 Å². The Bertz CT molecular complexity index is 1050. The van der Waals surface area contributed by atoms with Gasteiger partial charge in [0.15, 0.2) is 0 Å². The normalized spacial score (nSPS) is 9.96. The number of benzene rings is 1. The first-order chi connectivity index (χ1) is 11.6. The lowest BCUT2D eigenvalue weighted by Crippen LogP contribution is -2.12. The molecular weight excluding hydrogens is 300 g/mol. The Morgan fingerprint density at radius 1 is 0.958 bits per heavy atom. The van der Waals surface area contributed by atoms with E-state index >= 15 is 0 Å². The zero-order valence-electron chi connectivity index (χ0n) is 12.9. The van der Waals surface area contributed by atoms with E-state index in [4.69, 9.17) is 5.26 Å². The summed E-state index contributed by atoms with van der Waals surface area (Å²) in [6.45, 7) is 1.78. The van der Waals surface area contributed by atoms with Crippen LogP contribution < -0.4 is 5.56 Å². The van der Waals surface area contributed by atoms with Gasteiger partial charge in [-0.25, -0.2) is 0 Å². The van der Waals surface area contributed by atoms with Gasteiger partial charge in [0.05, 0.1) is 5.56 Å². The SMILES string of the molecule is Cc1cc(-c2ccc(-c3cncc(C#N)c3)cc2)c(C#N)c(=O)[nH]1. The molecule has 0 aliphatic heterocycles. The van der Waals surface area contributed by atoms with E-state index in [1.165, 1.54) is 6.20 Å². The first-order valence-electron chi connectivity index (χ1n) is 7.22. The van der Waals surface area contributed by atoms with Gasteiger partial charge in [0.1, 0.15) is 17.7 Å². The van der Waals surface area contributed by atoms with Crippen molar-refractivity contribution in [1.29, 1.82) is 10.5 Å². The van der Waals surface area contributed by atoms with E-state index in [2.05, 4.69) is 16.0 Å². The Morgan fingerprint density at radius 2 is 1.67 bits per heavy atom. The van der Waals surface area contributed by atoms with Crippen LogP contribution in [0.4, 0.5) is 0 Å². The minimum Gasteiger partial charge on any atom is -0.325 e. The van der Waals surface area contributed by atoms with Gasteiger partial charge >= 0.3 is 0 Å². The number of nitrogens with one attached hydrogen (secondary N) is 1. The largest absolute Gasteiger partial charge is 0.325 e. The van der Waals surface area contributed by atoms with Crippen LogP contribution in [0.15, 0.2) is 53.6 Å². The molecule has 0 saturated carbocycles. The molecule has 3 aromatic rings. The number of aromatic nitrogens is 2. The van der Waals surface area contributed by atoms with Crippen LogP contribution in [0, 0.1) is 29.6 Å². The van der Waals surface area contributed by atoms with Crippen molar-refractivity contribution in [2.45, 2.75) is 6.92 Å². The number of nitriles is 2. The average molecular weight is 312 g/mol. The van der Waals surface area contributed by atoms with Crippen molar-refractivity contribution < 1.29 is 0 Å². The molecule has 5 heteroatoms. The summed E-state index contributed by atoms with van der Waals surface area (Å²) < 4.78 is 0. The summed E-state index contributed by atoms with van der Waals surface area (Å²) in [6.07, 6.45) is 3.20. The van der Waals surface area contributed by atoms with Gasteiger partial charge in [0.25, 0.3) is 5.56 Å². The molecule has 24 heavy (non-hydrogen) atoms. The lowest BCUT2D eigenvalue weighted by Gasteiger charge is -2.07. The number of hydrogen-bond acceptors (Lipinski definition) is 4. The number of hydrogen-bond donors (Lipinski definition) is 1. The average Bonchev–Trinajstić information content (AvgIpc) is 2.61. The molecule has 0 amide bonds. The van der Waals surface area contributed by atoms with Crippen LogP contribution in [0.5, 0.6) is 0 Å². The summed E-state index contributed by atoms with van der Waals surface area (Å²) in [5, 5.41) is 18.2. The van der Waals surface area contributed by atoms with E-state index in [0.717, 1.165) is 16.7 Å². The van der Waals surface area contributed by atoms with Crippen LogP contribution in [0.1, 0.15) is 16.8 Å². The third-order valence-electron chi connectivity index (χ3n) is 3.68. The standard InChI is InChI=1S/C19H12N4O/c1-12-6-17(18(9-21)19(24)23-12)15-4-2-14(3-5-15)16-7-13(8-20)10-22-11-16/h2-7,10-11H,1H3,(H,23,24). The number of aromatic amines is 1. The van der Waals surface area contributed by atoms with Crippen molar-refractivity contribution >= 4 is 0 Å². The second-order valence-corrected chi connectivity index (χ2v) is 5.33. The Kier molecular flexibility index (Phi) is 3.93. The third kappa shape index (κ3) is 2.79. The van der Waals surface area contributed by atoms with Crippen LogP contribution in [-0.2, 0) is 0 Å². The van der Waals surface area contributed by atoms with Crippen molar-refractivity contribution in [3.8, 4) is 34.4 Å². The van der Waals surface area contributed by atoms with Gasteiger partial charge in [0.2, 0.25) is 0 Å². The predicted molar refractivity (Wildman–Crippen MR) is 89.9 cm³/mol. The molecule has 0 fully saturated rings. The van der Waals surface area contributed by atoms with E-state index in [0.29, 0.717) is 16.8 Å². The molecule has 2 heterocycles. The fourth-order valence-electron chi connectivity index (χ4n) is 2.53. The molecule has 5 nitrogen and oxygen atoms in total. The van der Waals surface area contributed by atoms with E-state index in [1.807, 2.05) is 30.3 Å². The van der Waals surface area contributed by atoms with Crippen molar-refractivity contribution in [3.05, 3.63) is 76.0 Å². The van der Waals surface area contributed by atoms with Gasteiger partial charge in [-0.05, 0) is 30.2 Å². The number of aryl methyl sites for hydroxylation is 1. The van der Waals surface area contributed by atoms with Crippen LogP contribution in [0.25, 0.3) is 22.3 Å². The summed E-state index contributed by atoms with van der Waals surface area (Å²) in [7, 11) is 0. The lowest BCUT2D eigenvalue weighted by molar-refractivity contribution is 1.13. The Labute approximate surface area is 138 Å². The van der Waals surface area contributed by atoms with E-state index in [9.17, 15) is 10.1 Å². The van der Waals surface area contributed by atoms with Crippen molar-refractivity contribution in [1.82, 2.24) is 9.97 Å². The van der Waals surface area contributed by atoms with Gasteiger partial charge in [-0.15, -0.1) is 0 Å². The monoisotopic (exact) mass is 312 g/mol. The number of nitrogens with zero attached hydrogens (tertiary/aromatic N) is 3. The predicted octanol–water partition coefficient (Wildman–Crippen LogP) is 3.16. The van der Waals surface area contributed by atoms with Gasteiger partial charge in [-0.2, -0.15) is 10.5 Å². The fourth-order valence-corrected chi connectivity index (χ4v) is 2.53. The lowest BCUT2D eigenvalue weighted by atomic mass is 9.98. The zero-order valence-corrected chi connectivity index (χ0v) is 12.9. The van der Waals surface area contributed by atoms with Gasteiger partial charge < -0.3 is 4.98 Å². The highest BCUT2D eigenvalue weighted by atomic mass is 16.1. The minimum atomic E-state index is -0.387. The van der Waals surface area contributed by atoms with Crippen LogP contribution >= 0.6 is 0 Å². The summed E-state index contributed by atoms with van der Waals surface area (Å²) in [6, 6.07) is 15.0. The van der Waals surface area contributed by atoms with Crippen molar-refractivity contribution in [2.75, 3.05) is 0 Å². The molecule has 0 aliphatic carbocycles. The van der Waals surface area contributed by atoms with E-state index in [1.54, 1.807) is 25.3 Å². The molecule has 2 aromatic heterocycles. The summed E-state index contributed by atoms with van der Waals surface area (Å²) in [5.74, 6) is 0. The molecule has 0 spiro atoms. The molecule has 1 N–H and O–H groups in total. The highest BCUT2D eigenvalue weighted by molar-refractivity contribution is 5.74. The summed E-state index contributed by atoms with van der Waals surface area (Å²) >= 11 is 0. The minimum absolute atomic E-state index is 0.0986. The summed E-state index contributed by atoms with van der Waals surface area (Å²) in [4.78, 5) is 18.6. The molecule has 0 atom stereocenters. The van der Waals surface area contributed by atoms with Gasteiger partial charge in [-0.1, -0.05) is 24.3 Å². The molecule has 114 valence electrons. The molecule has 0 bridgehead atoms. The second-order valence-electron chi connectivity index (χ2n) is 5.33. The zero-order chi connectivity index (χ0) is 17.1. The number of H-pyrrole nitrogens is 1. The summed E-state index contributed by atoms with van der Waals surface area (Å²) in [5.41, 5.74) is 4.04. The molecule has 0 unspecified atom stereocenters. The molecular formula is C19H12N4O. The van der Waals surface area contributed by atoms with Crippen LogP contribution in [0.2, 0.25) is 0 Å². The first-order valence-corrected chi connectivity index (χ1v) is 7.22. The van der Waals surface area contributed by atoms with Crippen molar-refractivity contribution in [3.63, 3.8) is 0 Å². The number of pyridine rings is 2. The topological polar surface area (TPSA) is 93.3 Å². The first kappa shape index (κ1) is 15.2. The molecule has 3 rings (SSSR count). The Hall–Kier alpha value is -3.70. The highest BCUT2D eigenvalue weighted by Gasteiger charge is 2.10. The highest BCUT2D eigenvalue weighted by Crippen LogP contribution is 2.26. The van der Waals surface area contributed by atoms with Crippen molar-refractivity contribution in [2.24, 2.45) is 0 Å². The maximum atomic E-state index is 11.9. The van der Waals surface area contributed by atoms with E-state index in [-0.39, 0.29) is 11.1 Å². The maximum absolute atomic E-state index is 11.9. The fraction of sp³-hybridized carbons (Fsp3) is 0.0526. The van der Waals surface area contributed by atoms with Gasteiger partial charge in [-0.3, -0.25) is 9.78 Å².